The number of nitrogens with zero attached hydrogens (tertiary/aromatic N) is 4. The zero-order valence-electron chi connectivity index (χ0n) is 18.7. The molecular weight excluding hydrogens is 454 g/mol. The highest BCUT2D eigenvalue weighted by Crippen LogP contribution is 2.27. The largest absolute Gasteiger partial charge is 0.392 e. The van der Waals surface area contributed by atoms with Gasteiger partial charge in [0, 0.05) is 32.2 Å². The van der Waals surface area contributed by atoms with E-state index in [1.807, 2.05) is 49.5 Å². The Balaban J connectivity index is 1.41. The summed E-state index contributed by atoms with van der Waals surface area (Å²) in [7, 11) is 1.81. The summed E-state index contributed by atoms with van der Waals surface area (Å²) in [6, 6.07) is 13.2. The van der Waals surface area contributed by atoms with Crippen LogP contribution in [0, 0.1) is 0 Å². The third kappa shape index (κ3) is 4.79. The van der Waals surface area contributed by atoms with E-state index in [-0.39, 0.29) is 29.3 Å². The van der Waals surface area contributed by atoms with E-state index in [0.29, 0.717) is 18.9 Å². The first-order valence-corrected chi connectivity index (χ1v) is 11.9. The second-order valence-corrected chi connectivity index (χ2v) is 9.64. The second-order valence-electron chi connectivity index (χ2n) is 8.62. The minimum Gasteiger partial charge on any atom is -0.392 e. The number of benzene rings is 2. The van der Waals surface area contributed by atoms with E-state index in [4.69, 9.17) is 4.52 Å². The first kappa shape index (κ1) is 22.5. The van der Waals surface area contributed by atoms with Gasteiger partial charge in [0.05, 0.1) is 28.8 Å². The number of aliphatic hydroxyl groups is 1. The number of carbonyl (C=O) groups is 1. The second kappa shape index (κ2) is 9.49. The topological polar surface area (TPSA) is 116 Å². The number of aliphatic hydroxyl groups excluding tert-OH is 1. The Morgan fingerprint density at radius 3 is 3.00 bits per heavy atom. The predicted octanol–water partition coefficient (Wildman–Crippen LogP) is 2.45. The van der Waals surface area contributed by atoms with Crippen LogP contribution in [0.1, 0.15) is 23.6 Å². The Morgan fingerprint density at radius 2 is 2.24 bits per heavy atom. The van der Waals surface area contributed by atoms with Gasteiger partial charge in [-0.05, 0) is 35.7 Å². The molecule has 1 aliphatic rings. The normalized spacial score (nSPS) is 17.3. The average Bonchev–Trinajstić information content (AvgIpc) is 3.57. The maximum Gasteiger partial charge on any atom is 0.305 e. The number of likely N-dealkylation sites (tertiary alicyclic amines) is 1. The van der Waals surface area contributed by atoms with Crippen LogP contribution in [0.3, 0.4) is 0 Å². The fourth-order valence-corrected chi connectivity index (χ4v) is 5.16. The van der Waals surface area contributed by atoms with Gasteiger partial charge in [-0.2, -0.15) is 4.98 Å². The Hall–Kier alpha value is -3.34. The number of rotatable bonds is 7. The Morgan fingerprint density at radius 1 is 1.35 bits per heavy atom. The summed E-state index contributed by atoms with van der Waals surface area (Å²) in [6.45, 7) is 1.98. The zero-order valence-corrected chi connectivity index (χ0v) is 19.5. The average molecular weight is 480 g/mol. The Kier molecular flexibility index (Phi) is 6.27. The zero-order chi connectivity index (χ0) is 23.7. The van der Waals surface area contributed by atoms with Crippen molar-refractivity contribution in [3.05, 3.63) is 69.7 Å². The molecule has 2 N–H and O–H groups in total. The monoisotopic (exact) mass is 479 g/mol. The summed E-state index contributed by atoms with van der Waals surface area (Å²) in [6.07, 6.45) is 1.89. The molecule has 0 bridgehead atoms. The maximum atomic E-state index is 13.4. The molecule has 1 fully saturated rings. The van der Waals surface area contributed by atoms with E-state index in [0.717, 1.165) is 51.2 Å². The van der Waals surface area contributed by atoms with Gasteiger partial charge in [0.1, 0.15) is 0 Å². The van der Waals surface area contributed by atoms with Gasteiger partial charge in [-0.15, -0.1) is 0 Å². The number of fused-ring (bicyclic) bond motifs is 1. The lowest BCUT2D eigenvalue weighted by atomic mass is 10.0. The molecule has 2 atom stereocenters. The van der Waals surface area contributed by atoms with Gasteiger partial charge >= 0.3 is 4.87 Å². The van der Waals surface area contributed by atoms with Crippen LogP contribution < -0.4 is 4.87 Å². The molecule has 10 heteroatoms. The summed E-state index contributed by atoms with van der Waals surface area (Å²) < 4.78 is 5.76. The number of likely N-dealkylation sites (N-methyl/N-ethyl adjacent to an activating group) is 1. The van der Waals surface area contributed by atoms with Crippen molar-refractivity contribution in [2.24, 2.45) is 0 Å². The fraction of sp³-hybridized carbons (Fsp3) is 0.333. The van der Waals surface area contributed by atoms with E-state index in [9.17, 15) is 14.7 Å². The molecule has 1 aliphatic heterocycles. The first-order chi connectivity index (χ1) is 16.5. The van der Waals surface area contributed by atoms with Crippen LogP contribution in [0.15, 0.2) is 58.2 Å². The van der Waals surface area contributed by atoms with Gasteiger partial charge in [-0.25, -0.2) is 0 Å². The van der Waals surface area contributed by atoms with Crippen molar-refractivity contribution in [3.8, 4) is 11.4 Å². The Labute approximate surface area is 199 Å². The summed E-state index contributed by atoms with van der Waals surface area (Å²) in [5.41, 5.74) is 3.36. The molecule has 4 aromatic rings. The lowest BCUT2D eigenvalue weighted by Crippen LogP contribution is -2.39. The molecule has 2 aromatic carbocycles. The molecule has 9 nitrogen and oxygen atoms in total. The summed E-state index contributed by atoms with van der Waals surface area (Å²) >= 11 is 1.16. The molecular formula is C24H25N5O4S. The molecule has 0 spiro atoms. The van der Waals surface area contributed by atoms with Gasteiger partial charge in [0.2, 0.25) is 18.1 Å². The van der Waals surface area contributed by atoms with Crippen molar-refractivity contribution >= 4 is 27.5 Å². The van der Waals surface area contributed by atoms with Crippen LogP contribution in [0.5, 0.6) is 0 Å². The molecule has 5 rings (SSSR count). The van der Waals surface area contributed by atoms with Gasteiger partial charge in [0.15, 0.2) is 0 Å². The van der Waals surface area contributed by atoms with Crippen LogP contribution >= 0.6 is 11.3 Å². The molecule has 0 saturated carbocycles. The number of carbonyl (C=O) groups excluding carboxylic acids is 1. The lowest BCUT2D eigenvalue weighted by Gasteiger charge is -2.32. The number of thiazole rings is 1. The highest BCUT2D eigenvalue weighted by Gasteiger charge is 2.28. The smallest absolute Gasteiger partial charge is 0.305 e. The van der Waals surface area contributed by atoms with Crippen LogP contribution in [-0.4, -0.2) is 68.7 Å². The lowest BCUT2D eigenvalue weighted by molar-refractivity contribution is -0.131. The minimum atomic E-state index is -0.341. The highest BCUT2D eigenvalue weighted by molar-refractivity contribution is 7.16. The summed E-state index contributed by atoms with van der Waals surface area (Å²) in [5.74, 6) is 0.455. The van der Waals surface area contributed by atoms with Crippen molar-refractivity contribution < 1.29 is 14.4 Å². The molecule has 1 amide bonds. The summed E-state index contributed by atoms with van der Waals surface area (Å²) in [4.78, 5) is 35.8. The van der Waals surface area contributed by atoms with Crippen LogP contribution in [0.2, 0.25) is 0 Å². The quantitative estimate of drug-likeness (QED) is 0.418. The van der Waals surface area contributed by atoms with E-state index < -0.39 is 0 Å². The van der Waals surface area contributed by atoms with Crippen LogP contribution in [0.25, 0.3) is 21.6 Å². The number of aromatic amines is 1. The third-order valence-electron chi connectivity index (χ3n) is 6.27. The molecule has 1 saturated heterocycles. The van der Waals surface area contributed by atoms with Crippen molar-refractivity contribution in [3.63, 3.8) is 0 Å². The number of H-pyrrole nitrogens is 1. The van der Waals surface area contributed by atoms with Crippen molar-refractivity contribution in [2.75, 3.05) is 26.7 Å². The van der Waals surface area contributed by atoms with Gasteiger partial charge in [-0.1, -0.05) is 40.8 Å². The molecule has 34 heavy (non-hydrogen) atoms. The van der Waals surface area contributed by atoms with Crippen molar-refractivity contribution in [1.29, 1.82) is 0 Å². The van der Waals surface area contributed by atoms with Crippen molar-refractivity contribution in [1.82, 2.24) is 24.9 Å². The Bertz CT molecular complexity index is 1350. The van der Waals surface area contributed by atoms with E-state index in [1.165, 1.54) is 6.39 Å². The number of hydrogen-bond acceptors (Lipinski definition) is 8. The van der Waals surface area contributed by atoms with Gasteiger partial charge in [0.25, 0.3) is 0 Å². The number of aromatic nitrogens is 3. The van der Waals surface area contributed by atoms with E-state index >= 15 is 0 Å². The van der Waals surface area contributed by atoms with Crippen LogP contribution in [0.4, 0.5) is 0 Å². The molecule has 0 radical (unpaired) electrons. The van der Waals surface area contributed by atoms with Crippen LogP contribution in [-0.2, 0) is 11.2 Å². The highest BCUT2D eigenvalue weighted by atomic mass is 32.1. The molecule has 2 aromatic heterocycles. The number of amides is 1. The van der Waals surface area contributed by atoms with E-state index in [1.54, 1.807) is 4.90 Å². The molecule has 1 unspecified atom stereocenters. The minimum absolute atomic E-state index is 0.0355. The fourth-order valence-electron chi connectivity index (χ4n) is 4.44. The first-order valence-electron chi connectivity index (χ1n) is 11.1. The molecule has 176 valence electrons. The molecule has 0 aliphatic carbocycles. The number of nitrogens with one attached hydrogen (secondary N) is 1. The van der Waals surface area contributed by atoms with Crippen molar-refractivity contribution in [2.45, 2.75) is 25.0 Å². The number of hydrogen-bond donors (Lipinski definition) is 2. The third-order valence-corrected chi connectivity index (χ3v) is 7.13. The number of β-amino-alcohol motifs (C(OH)–C–C–N with tert-alkyl or cyclic N) is 1. The van der Waals surface area contributed by atoms with Gasteiger partial charge in [-0.3, -0.25) is 14.5 Å². The predicted molar refractivity (Wildman–Crippen MR) is 128 cm³/mol. The standard InChI is InChI=1S/C24H25N5O4S/c1-28(22(31)10-15-5-6-21-19(9-15)26-24(32)34-21)20(13-29-8-7-18(30)12-29)16-3-2-4-17(11-16)23-25-14-33-27-23/h2-6,9,11,14,18,20,30H,7-8,10,12-13H2,1H3,(H,26,32)/t18-,20?/m0/s1. The van der Waals surface area contributed by atoms with E-state index in [2.05, 4.69) is 20.0 Å². The molecule has 3 heterocycles. The SMILES string of the molecule is CN(C(=O)Cc1ccc2sc(=O)[nH]c2c1)C(CN1CC[C@H](O)C1)c1cccc(-c2ncon2)c1. The van der Waals surface area contributed by atoms with Gasteiger partial charge < -0.3 is 19.5 Å². The maximum absolute atomic E-state index is 13.4. The summed E-state index contributed by atoms with van der Waals surface area (Å²) in [5, 5.41) is 13.9.